The van der Waals surface area contributed by atoms with Crippen molar-refractivity contribution in [2.24, 2.45) is 0 Å². The van der Waals surface area contributed by atoms with Gasteiger partial charge in [0.05, 0.1) is 10.8 Å². The number of carbonyl (C=O) groups excluding carboxylic acids is 1. The Bertz CT molecular complexity index is 1310. The summed E-state index contributed by atoms with van der Waals surface area (Å²) in [5.41, 5.74) is 7.53. The van der Waals surface area contributed by atoms with Gasteiger partial charge in [0, 0.05) is 11.1 Å². The van der Waals surface area contributed by atoms with Crippen molar-refractivity contribution in [3.63, 3.8) is 0 Å². The zero-order chi connectivity index (χ0) is 23.0. The summed E-state index contributed by atoms with van der Waals surface area (Å²) in [7, 11) is 0. The van der Waals surface area contributed by atoms with Gasteiger partial charge in [-0.3, -0.25) is 9.20 Å². The van der Waals surface area contributed by atoms with Crippen molar-refractivity contribution >= 4 is 39.9 Å². The number of benzene rings is 2. The van der Waals surface area contributed by atoms with Crippen LogP contribution in [0, 0.1) is 20.8 Å². The number of carbonyl (C=O) groups is 1. The largest absolute Gasteiger partial charge is 0.325 e. The van der Waals surface area contributed by atoms with E-state index in [1.165, 1.54) is 33.8 Å². The molecule has 1 amide bonds. The maximum Gasteiger partial charge on any atom is 0.237 e. The number of nitrogens with one attached hydrogen (secondary N) is 1. The van der Waals surface area contributed by atoms with Gasteiger partial charge in [0.25, 0.3) is 0 Å². The van der Waals surface area contributed by atoms with Gasteiger partial charge in [-0.2, -0.15) is 0 Å². The van der Waals surface area contributed by atoms with Gasteiger partial charge in [-0.05, 0) is 68.0 Å². The van der Waals surface area contributed by atoms with Gasteiger partial charge in [-0.25, -0.2) is 0 Å². The lowest BCUT2D eigenvalue weighted by atomic mass is 10.0. The first-order valence-corrected chi connectivity index (χ1v) is 12.0. The third-order valence-electron chi connectivity index (χ3n) is 5.85. The van der Waals surface area contributed by atoms with E-state index in [0.29, 0.717) is 12.3 Å². The lowest BCUT2D eigenvalue weighted by Gasteiger charge is -2.18. The molecule has 166 valence electrons. The molecule has 0 saturated heterocycles. The topological polar surface area (TPSA) is 59.3 Å². The molecule has 4 rings (SSSR count). The van der Waals surface area contributed by atoms with Crippen molar-refractivity contribution in [2.75, 3.05) is 5.32 Å². The normalized spacial score (nSPS) is 12.6. The lowest BCUT2D eigenvalue weighted by molar-refractivity contribution is -0.115. The minimum atomic E-state index is -0.273. The molecule has 0 aliphatic carbocycles. The molecule has 2 aromatic carbocycles. The Labute approximate surface area is 193 Å². The van der Waals surface area contributed by atoms with Crippen LogP contribution in [0.1, 0.15) is 55.4 Å². The highest BCUT2D eigenvalue weighted by Crippen LogP contribution is 2.32. The Morgan fingerprint density at radius 2 is 1.81 bits per heavy atom. The zero-order valence-electron chi connectivity index (χ0n) is 19.6. The van der Waals surface area contributed by atoms with Crippen LogP contribution in [0.4, 0.5) is 5.69 Å². The van der Waals surface area contributed by atoms with Crippen LogP contribution in [0.25, 0.3) is 16.6 Å². The zero-order valence-corrected chi connectivity index (χ0v) is 20.4. The highest BCUT2D eigenvalue weighted by molar-refractivity contribution is 8.00. The molecule has 6 heteroatoms. The molecule has 1 unspecified atom stereocenters. The van der Waals surface area contributed by atoms with Crippen LogP contribution in [0.3, 0.4) is 0 Å². The number of pyridine rings is 1. The van der Waals surface area contributed by atoms with Gasteiger partial charge in [-0.1, -0.05) is 62.4 Å². The number of para-hydroxylation sites is 1. The number of hydrogen-bond acceptors (Lipinski definition) is 4. The first-order chi connectivity index (χ1) is 15.3. The van der Waals surface area contributed by atoms with E-state index in [9.17, 15) is 4.79 Å². The Kier molecular flexibility index (Phi) is 6.24. The Hall–Kier alpha value is -2.86. The molecule has 2 aromatic heterocycles. The number of aromatic nitrogens is 3. The van der Waals surface area contributed by atoms with Crippen molar-refractivity contribution in [1.82, 2.24) is 14.6 Å². The average Bonchev–Trinajstić information content (AvgIpc) is 3.14. The fourth-order valence-electron chi connectivity index (χ4n) is 4.27. The van der Waals surface area contributed by atoms with Crippen LogP contribution in [-0.2, 0) is 4.79 Å². The molecule has 0 fully saturated rings. The number of aryl methyl sites for hydroxylation is 3. The second-order valence-corrected chi connectivity index (χ2v) is 9.90. The summed E-state index contributed by atoms with van der Waals surface area (Å²) in [5.74, 6) is 0.326. The summed E-state index contributed by atoms with van der Waals surface area (Å²) in [6.07, 6.45) is 0.692. The first kappa shape index (κ1) is 22.3. The number of amides is 1. The van der Waals surface area contributed by atoms with Crippen molar-refractivity contribution in [1.29, 1.82) is 0 Å². The minimum absolute atomic E-state index is 0.00802. The maximum atomic E-state index is 13.2. The molecule has 0 radical (unpaired) electrons. The molecular weight excluding hydrogens is 416 g/mol. The molecular formula is C26H30N4OS. The summed E-state index contributed by atoms with van der Waals surface area (Å²) in [6.45, 7) is 12.6. The predicted molar refractivity (Wildman–Crippen MR) is 134 cm³/mol. The number of thioether (sulfide) groups is 1. The van der Waals surface area contributed by atoms with E-state index in [2.05, 4.69) is 78.8 Å². The van der Waals surface area contributed by atoms with Gasteiger partial charge in [0.1, 0.15) is 0 Å². The van der Waals surface area contributed by atoms with E-state index in [1.807, 2.05) is 25.1 Å². The van der Waals surface area contributed by atoms with Crippen molar-refractivity contribution in [3.05, 3.63) is 64.7 Å². The maximum absolute atomic E-state index is 13.2. The molecule has 2 heterocycles. The lowest BCUT2D eigenvalue weighted by Crippen LogP contribution is -2.25. The van der Waals surface area contributed by atoms with E-state index in [0.717, 1.165) is 27.6 Å². The SMILES string of the molecule is CCC(Sc1nnc2cc(C)c3cc(C)cc(C)c3n12)C(=O)Nc1ccccc1C(C)C. The molecule has 5 nitrogen and oxygen atoms in total. The van der Waals surface area contributed by atoms with Crippen LogP contribution in [0.2, 0.25) is 0 Å². The van der Waals surface area contributed by atoms with Gasteiger partial charge in [0.2, 0.25) is 5.91 Å². The van der Waals surface area contributed by atoms with Crippen molar-refractivity contribution < 1.29 is 4.79 Å². The summed E-state index contributed by atoms with van der Waals surface area (Å²) >= 11 is 1.48. The van der Waals surface area contributed by atoms with Crippen LogP contribution in [0.15, 0.2) is 47.6 Å². The number of hydrogen-bond donors (Lipinski definition) is 1. The molecule has 0 saturated carbocycles. The molecule has 0 aliphatic heterocycles. The Morgan fingerprint density at radius 1 is 1.06 bits per heavy atom. The second-order valence-electron chi connectivity index (χ2n) is 8.73. The van der Waals surface area contributed by atoms with E-state index in [4.69, 9.17) is 0 Å². The van der Waals surface area contributed by atoms with Crippen molar-refractivity contribution in [3.8, 4) is 0 Å². The molecule has 32 heavy (non-hydrogen) atoms. The third kappa shape index (κ3) is 4.11. The molecule has 0 bridgehead atoms. The van der Waals surface area contributed by atoms with Gasteiger partial charge in [-0.15, -0.1) is 10.2 Å². The van der Waals surface area contributed by atoms with E-state index >= 15 is 0 Å². The first-order valence-electron chi connectivity index (χ1n) is 11.1. The molecule has 1 atom stereocenters. The molecule has 4 aromatic rings. The number of fused-ring (bicyclic) bond motifs is 3. The second kappa shape index (κ2) is 8.94. The van der Waals surface area contributed by atoms with Gasteiger partial charge in [0.15, 0.2) is 10.8 Å². The smallest absolute Gasteiger partial charge is 0.237 e. The van der Waals surface area contributed by atoms with Crippen LogP contribution in [-0.4, -0.2) is 25.8 Å². The number of rotatable bonds is 6. The highest BCUT2D eigenvalue weighted by Gasteiger charge is 2.23. The number of anilines is 1. The quantitative estimate of drug-likeness (QED) is 0.346. The predicted octanol–water partition coefficient (Wildman–Crippen LogP) is 6.44. The average molecular weight is 447 g/mol. The van der Waals surface area contributed by atoms with E-state index < -0.39 is 0 Å². The molecule has 1 N–H and O–H groups in total. The minimum Gasteiger partial charge on any atom is -0.325 e. The Balaban J connectivity index is 1.71. The molecule has 0 spiro atoms. The third-order valence-corrected chi connectivity index (χ3v) is 7.16. The monoisotopic (exact) mass is 446 g/mol. The van der Waals surface area contributed by atoms with Gasteiger partial charge >= 0.3 is 0 Å². The molecule has 0 aliphatic rings. The highest BCUT2D eigenvalue weighted by atomic mass is 32.2. The summed E-state index contributed by atoms with van der Waals surface area (Å²) < 4.78 is 2.10. The van der Waals surface area contributed by atoms with Crippen LogP contribution >= 0.6 is 11.8 Å². The standard InChI is InChI=1S/C26H30N4OS/c1-7-22(25(31)27-21-11-9-8-10-19(21)15(2)3)32-26-29-28-23-14-17(5)20-13-16(4)12-18(6)24(20)30(23)26/h8-15,22H,7H2,1-6H3,(H,27,31). The van der Waals surface area contributed by atoms with E-state index in [1.54, 1.807) is 0 Å². The van der Waals surface area contributed by atoms with Crippen LogP contribution < -0.4 is 5.32 Å². The van der Waals surface area contributed by atoms with Crippen molar-refractivity contribution in [2.45, 2.75) is 64.3 Å². The Morgan fingerprint density at radius 3 is 2.53 bits per heavy atom. The summed E-state index contributed by atoms with van der Waals surface area (Å²) in [5, 5.41) is 13.7. The summed E-state index contributed by atoms with van der Waals surface area (Å²) in [4.78, 5) is 13.2. The van der Waals surface area contributed by atoms with E-state index in [-0.39, 0.29) is 11.2 Å². The number of nitrogens with zero attached hydrogens (tertiary/aromatic N) is 3. The fraction of sp³-hybridized carbons (Fsp3) is 0.346. The summed E-state index contributed by atoms with van der Waals surface area (Å²) in [6, 6.07) is 14.5. The van der Waals surface area contributed by atoms with Crippen LogP contribution in [0.5, 0.6) is 0 Å². The van der Waals surface area contributed by atoms with Gasteiger partial charge < -0.3 is 5.32 Å². The fourth-order valence-corrected chi connectivity index (χ4v) is 5.23.